The van der Waals surface area contributed by atoms with Crippen molar-refractivity contribution in [2.75, 3.05) is 6.54 Å². The highest BCUT2D eigenvalue weighted by Gasteiger charge is 2.49. The van der Waals surface area contributed by atoms with Crippen LogP contribution >= 0.6 is 0 Å². The average molecular weight is 526 g/mol. The first-order valence-corrected chi connectivity index (χ1v) is 12.9. The second-order valence-corrected chi connectivity index (χ2v) is 10.9. The number of rotatable bonds is 5. The molecule has 0 aromatic heterocycles. The Morgan fingerprint density at radius 2 is 1.57 bits per heavy atom. The second kappa shape index (κ2) is 10.9. The number of hydrogen-bond acceptors (Lipinski definition) is 5. The molecule has 5 aliphatic rings. The Labute approximate surface area is 213 Å². The standard InChI is InChI=1S/C24H33N3O3.C2HF3O2/c25-20(13-14-3-5-19(28)6-4-14)24(30)27-7-1-2-21(27)23(29)26-22-17-9-15-8-16(11-17)12-18(22)10-15;3-2(4,5)1(6)7/h3-6,15-18,20-22,28H,1-2,7-13,25H2,(H,26,29);(H,6,7)/t15?,16?,17?,18?,20-,21+,22?;/m0./s1. The first kappa shape index (κ1) is 27.2. The van der Waals surface area contributed by atoms with E-state index in [9.17, 15) is 27.9 Å². The minimum atomic E-state index is -5.08. The molecule has 0 radical (unpaired) electrons. The maximum absolute atomic E-state index is 13.2. The Kier molecular flexibility index (Phi) is 8.01. The molecule has 1 aromatic rings. The van der Waals surface area contributed by atoms with Crippen molar-refractivity contribution in [2.24, 2.45) is 29.4 Å². The van der Waals surface area contributed by atoms with E-state index >= 15 is 0 Å². The highest BCUT2D eigenvalue weighted by atomic mass is 19.4. The normalized spacial score (nSPS) is 30.9. The van der Waals surface area contributed by atoms with Gasteiger partial charge in [0.05, 0.1) is 6.04 Å². The maximum atomic E-state index is 13.2. The monoisotopic (exact) mass is 525 g/mol. The summed E-state index contributed by atoms with van der Waals surface area (Å²) < 4.78 is 31.7. The molecule has 4 aliphatic carbocycles. The van der Waals surface area contributed by atoms with Crippen molar-refractivity contribution < 1.29 is 37.8 Å². The molecule has 5 N–H and O–H groups in total. The van der Waals surface area contributed by atoms with Gasteiger partial charge in [-0.25, -0.2) is 4.79 Å². The second-order valence-electron chi connectivity index (χ2n) is 10.9. The number of alkyl halides is 3. The van der Waals surface area contributed by atoms with Gasteiger partial charge in [0.25, 0.3) is 0 Å². The molecule has 204 valence electrons. The zero-order valence-corrected chi connectivity index (χ0v) is 20.5. The van der Waals surface area contributed by atoms with Gasteiger partial charge in [-0.2, -0.15) is 13.2 Å². The van der Waals surface area contributed by atoms with E-state index in [1.54, 1.807) is 29.2 Å². The molecule has 8 nitrogen and oxygen atoms in total. The number of benzene rings is 1. The van der Waals surface area contributed by atoms with E-state index in [4.69, 9.17) is 15.6 Å². The summed E-state index contributed by atoms with van der Waals surface area (Å²) in [4.78, 5) is 36.8. The molecule has 11 heteroatoms. The van der Waals surface area contributed by atoms with Gasteiger partial charge in [0.2, 0.25) is 11.8 Å². The van der Waals surface area contributed by atoms with Crippen LogP contribution in [0.25, 0.3) is 0 Å². The molecule has 4 bridgehead atoms. The van der Waals surface area contributed by atoms with Gasteiger partial charge >= 0.3 is 12.1 Å². The third-order valence-corrected chi connectivity index (χ3v) is 8.33. The molecule has 1 aliphatic heterocycles. The third kappa shape index (κ3) is 6.37. The van der Waals surface area contributed by atoms with Crippen LogP contribution < -0.4 is 11.1 Å². The largest absolute Gasteiger partial charge is 0.508 e. The highest BCUT2D eigenvalue weighted by Crippen LogP contribution is 2.53. The van der Waals surface area contributed by atoms with Crippen molar-refractivity contribution in [1.82, 2.24) is 10.2 Å². The van der Waals surface area contributed by atoms with E-state index in [2.05, 4.69) is 5.32 Å². The molecule has 6 rings (SSSR count). The van der Waals surface area contributed by atoms with Crippen LogP contribution in [-0.4, -0.2) is 63.7 Å². The van der Waals surface area contributed by atoms with Gasteiger partial charge in [0.15, 0.2) is 0 Å². The zero-order valence-electron chi connectivity index (χ0n) is 20.5. The number of aromatic hydroxyl groups is 1. The summed E-state index contributed by atoms with van der Waals surface area (Å²) in [5, 5.41) is 19.9. The molecule has 2 amide bonds. The SMILES string of the molecule is N[C@@H](Cc1ccc(O)cc1)C(=O)N1CCC[C@@H]1C(=O)NC1C2CC3CC(C2)CC1C3.O=C(O)C(F)(F)F. The van der Waals surface area contributed by atoms with Crippen molar-refractivity contribution in [3.8, 4) is 5.75 Å². The number of amides is 2. The Hall–Kier alpha value is -2.82. The van der Waals surface area contributed by atoms with Crippen LogP contribution in [-0.2, 0) is 20.8 Å². The lowest BCUT2D eigenvalue weighted by molar-refractivity contribution is -0.192. The number of carboxylic acid groups (broad SMARTS) is 1. The number of hydrogen-bond donors (Lipinski definition) is 4. The number of halogens is 3. The number of aliphatic carboxylic acids is 1. The lowest BCUT2D eigenvalue weighted by Gasteiger charge is -2.54. The van der Waals surface area contributed by atoms with Crippen LogP contribution in [0.1, 0.15) is 50.5 Å². The summed E-state index contributed by atoms with van der Waals surface area (Å²) in [6.45, 7) is 0.599. The fraction of sp³-hybridized carbons (Fsp3) is 0.654. The number of nitrogens with two attached hydrogens (primary N) is 1. The highest BCUT2D eigenvalue weighted by molar-refractivity contribution is 5.90. The van der Waals surface area contributed by atoms with Crippen molar-refractivity contribution in [2.45, 2.75) is 75.7 Å². The predicted octanol–water partition coefficient (Wildman–Crippen LogP) is 2.83. The minimum absolute atomic E-state index is 0.0233. The molecule has 37 heavy (non-hydrogen) atoms. The van der Waals surface area contributed by atoms with Crippen LogP contribution in [0.2, 0.25) is 0 Å². The minimum Gasteiger partial charge on any atom is -0.508 e. The van der Waals surface area contributed by atoms with Crippen molar-refractivity contribution >= 4 is 17.8 Å². The van der Waals surface area contributed by atoms with E-state index in [1.807, 2.05) is 0 Å². The van der Waals surface area contributed by atoms with Crippen molar-refractivity contribution in [3.05, 3.63) is 29.8 Å². The van der Waals surface area contributed by atoms with Crippen molar-refractivity contribution in [1.29, 1.82) is 0 Å². The predicted molar refractivity (Wildman–Crippen MR) is 127 cm³/mol. The fourth-order valence-corrected chi connectivity index (χ4v) is 6.91. The van der Waals surface area contributed by atoms with E-state index in [-0.39, 0.29) is 23.6 Å². The Morgan fingerprint density at radius 1 is 1.03 bits per heavy atom. The molecule has 0 unspecified atom stereocenters. The number of carbonyl (C=O) groups is 3. The van der Waals surface area contributed by atoms with Gasteiger partial charge in [0.1, 0.15) is 11.8 Å². The van der Waals surface area contributed by atoms with Crippen LogP contribution in [0.3, 0.4) is 0 Å². The first-order valence-electron chi connectivity index (χ1n) is 12.9. The number of nitrogens with one attached hydrogen (secondary N) is 1. The average Bonchev–Trinajstić information content (AvgIpc) is 3.31. The summed E-state index contributed by atoms with van der Waals surface area (Å²) in [5.74, 6) is 0.333. The maximum Gasteiger partial charge on any atom is 0.490 e. The van der Waals surface area contributed by atoms with Gasteiger partial charge in [-0.1, -0.05) is 12.1 Å². The molecule has 1 aromatic carbocycles. The smallest absolute Gasteiger partial charge is 0.490 e. The van der Waals surface area contributed by atoms with Gasteiger partial charge < -0.3 is 26.2 Å². The van der Waals surface area contributed by atoms with Gasteiger partial charge in [-0.05, 0) is 92.7 Å². The molecule has 4 saturated carbocycles. The summed E-state index contributed by atoms with van der Waals surface area (Å²) in [7, 11) is 0. The Morgan fingerprint density at radius 3 is 2.08 bits per heavy atom. The first-order chi connectivity index (χ1) is 17.4. The lowest BCUT2D eigenvalue weighted by atomic mass is 9.54. The number of likely N-dealkylation sites (tertiary alicyclic amines) is 1. The van der Waals surface area contributed by atoms with E-state index in [0.29, 0.717) is 30.8 Å². The molecule has 0 spiro atoms. The van der Waals surface area contributed by atoms with Gasteiger partial charge in [0, 0.05) is 12.6 Å². The summed E-state index contributed by atoms with van der Waals surface area (Å²) >= 11 is 0. The Balaban J connectivity index is 0.000000405. The van der Waals surface area contributed by atoms with E-state index in [0.717, 1.165) is 30.2 Å². The van der Waals surface area contributed by atoms with Gasteiger partial charge in [-0.3, -0.25) is 9.59 Å². The topological polar surface area (TPSA) is 133 Å². The number of nitrogens with zero attached hydrogens (tertiary/aromatic N) is 1. The third-order valence-electron chi connectivity index (χ3n) is 8.33. The van der Waals surface area contributed by atoms with Crippen LogP contribution in [0.15, 0.2) is 24.3 Å². The fourth-order valence-electron chi connectivity index (χ4n) is 6.91. The van der Waals surface area contributed by atoms with E-state index < -0.39 is 18.2 Å². The number of carboxylic acids is 1. The number of phenols is 1. The summed E-state index contributed by atoms with van der Waals surface area (Å²) in [6.07, 6.45) is 3.35. The molecule has 5 fully saturated rings. The molecular formula is C26H34F3N3O5. The van der Waals surface area contributed by atoms with Crippen LogP contribution in [0.4, 0.5) is 13.2 Å². The molecular weight excluding hydrogens is 491 g/mol. The van der Waals surface area contributed by atoms with Gasteiger partial charge in [-0.15, -0.1) is 0 Å². The Bertz CT molecular complexity index is 972. The molecule has 2 atom stereocenters. The van der Waals surface area contributed by atoms with Crippen LogP contribution in [0, 0.1) is 23.7 Å². The number of carbonyl (C=O) groups excluding carboxylic acids is 2. The summed E-state index contributed by atoms with van der Waals surface area (Å²) in [5.41, 5.74) is 7.13. The molecule has 1 heterocycles. The quantitative estimate of drug-likeness (QED) is 0.467. The summed E-state index contributed by atoms with van der Waals surface area (Å²) in [6, 6.07) is 6.00. The molecule has 1 saturated heterocycles. The van der Waals surface area contributed by atoms with Crippen molar-refractivity contribution in [3.63, 3.8) is 0 Å². The number of phenolic OH excluding ortho intramolecular Hbond substituents is 1. The van der Waals surface area contributed by atoms with Crippen LogP contribution in [0.5, 0.6) is 5.75 Å². The lowest BCUT2D eigenvalue weighted by Crippen LogP contribution is -2.59. The van der Waals surface area contributed by atoms with E-state index in [1.165, 1.54) is 32.1 Å². The zero-order chi connectivity index (χ0) is 26.9.